The quantitative estimate of drug-likeness (QED) is 0.809. The highest BCUT2D eigenvalue weighted by molar-refractivity contribution is 8.01. The fourth-order valence-electron chi connectivity index (χ4n) is 1.99. The van der Waals surface area contributed by atoms with Gasteiger partial charge in [0.05, 0.1) is 17.4 Å². The summed E-state index contributed by atoms with van der Waals surface area (Å²) in [6.45, 7) is 4.21. The molecule has 0 spiro atoms. The van der Waals surface area contributed by atoms with Crippen LogP contribution < -0.4 is 4.74 Å². The van der Waals surface area contributed by atoms with Crippen LogP contribution in [0.25, 0.3) is 0 Å². The van der Waals surface area contributed by atoms with Gasteiger partial charge < -0.3 is 4.74 Å². The van der Waals surface area contributed by atoms with Crippen molar-refractivity contribution in [2.45, 2.75) is 30.4 Å². The molecule has 1 aliphatic rings. The van der Waals surface area contributed by atoms with Crippen LogP contribution in [0.3, 0.4) is 0 Å². The maximum Gasteiger partial charge on any atom is 0.177 e. The zero-order valence-corrected chi connectivity index (χ0v) is 12.7. The van der Waals surface area contributed by atoms with E-state index < -0.39 is 0 Å². The van der Waals surface area contributed by atoms with E-state index in [-0.39, 0.29) is 11.0 Å². The third kappa shape index (κ3) is 2.36. The van der Waals surface area contributed by atoms with Gasteiger partial charge in [0.15, 0.2) is 5.78 Å². The van der Waals surface area contributed by atoms with E-state index in [1.54, 1.807) is 6.07 Å². The highest BCUT2D eigenvalue weighted by Gasteiger charge is 2.35. The molecule has 0 aromatic heterocycles. The Morgan fingerprint density at radius 1 is 1.39 bits per heavy atom. The number of halogens is 2. The number of thioether (sulfide) groups is 1. The second kappa shape index (κ2) is 5.32. The molecule has 18 heavy (non-hydrogen) atoms. The summed E-state index contributed by atoms with van der Waals surface area (Å²) in [5, 5.41) is 0.750. The van der Waals surface area contributed by atoms with Crippen LogP contribution in [0.1, 0.15) is 30.6 Å². The summed E-state index contributed by atoms with van der Waals surface area (Å²) < 4.78 is 5.14. The number of Topliss-reactive ketones (excluding diaryl/α,β-unsaturated/α-hetero) is 1. The molecule has 0 fully saturated rings. The van der Waals surface area contributed by atoms with E-state index in [1.165, 1.54) is 18.9 Å². The standard InChI is InChI=1S/C13H14Cl2O2S/c1-6(2)4-9-12(16)7-5-8(17-3)10(14)11(15)13(7)18-9/h5-6,9H,4H2,1-3H3. The normalized spacial score (nSPS) is 18.3. The van der Waals surface area contributed by atoms with Gasteiger partial charge in [0, 0.05) is 10.5 Å². The van der Waals surface area contributed by atoms with Crippen molar-refractivity contribution in [3.63, 3.8) is 0 Å². The Hall–Kier alpha value is -0.380. The van der Waals surface area contributed by atoms with Crippen molar-refractivity contribution in [1.29, 1.82) is 0 Å². The molecule has 0 amide bonds. The maximum absolute atomic E-state index is 12.3. The van der Waals surface area contributed by atoms with E-state index in [0.717, 1.165) is 11.3 Å². The van der Waals surface area contributed by atoms with E-state index in [1.807, 2.05) is 0 Å². The predicted molar refractivity (Wildman–Crippen MR) is 76.4 cm³/mol. The van der Waals surface area contributed by atoms with Gasteiger partial charge in [0.2, 0.25) is 0 Å². The third-order valence-electron chi connectivity index (χ3n) is 2.85. The van der Waals surface area contributed by atoms with Crippen molar-refractivity contribution in [2.24, 2.45) is 5.92 Å². The molecule has 1 aromatic rings. The first-order valence-corrected chi connectivity index (χ1v) is 7.36. The van der Waals surface area contributed by atoms with Gasteiger partial charge in [-0.05, 0) is 18.4 Å². The van der Waals surface area contributed by atoms with Crippen LogP contribution in [-0.4, -0.2) is 18.1 Å². The lowest BCUT2D eigenvalue weighted by atomic mass is 10.0. The number of rotatable bonds is 3. The second-order valence-corrected chi connectivity index (χ2v) is 6.65. The van der Waals surface area contributed by atoms with Crippen LogP contribution in [0.15, 0.2) is 11.0 Å². The zero-order chi connectivity index (χ0) is 13.4. The number of benzene rings is 1. The number of carbonyl (C=O) groups excluding carboxylic acids is 1. The SMILES string of the molecule is COc1cc2c(c(Cl)c1Cl)SC(CC(C)C)C2=O. The number of hydrogen-bond acceptors (Lipinski definition) is 3. The lowest BCUT2D eigenvalue weighted by Gasteiger charge is -2.09. The highest BCUT2D eigenvalue weighted by Crippen LogP contribution is 2.49. The lowest BCUT2D eigenvalue weighted by Crippen LogP contribution is -2.14. The number of ether oxygens (including phenoxy) is 1. The van der Waals surface area contributed by atoms with Gasteiger partial charge in [-0.15, -0.1) is 11.8 Å². The van der Waals surface area contributed by atoms with Crippen LogP contribution in [-0.2, 0) is 0 Å². The van der Waals surface area contributed by atoms with Crippen molar-refractivity contribution in [3.8, 4) is 5.75 Å². The molecule has 2 rings (SSSR count). The van der Waals surface area contributed by atoms with Gasteiger partial charge in [-0.3, -0.25) is 4.79 Å². The van der Waals surface area contributed by atoms with Gasteiger partial charge >= 0.3 is 0 Å². The summed E-state index contributed by atoms with van der Waals surface area (Å²) in [5.74, 6) is 1.05. The van der Waals surface area contributed by atoms with Crippen molar-refractivity contribution in [1.82, 2.24) is 0 Å². The molecule has 0 saturated carbocycles. The van der Waals surface area contributed by atoms with Gasteiger partial charge in [0.1, 0.15) is 10.8 Å². The summed E-state index contributed by atoms with van der Waals surface area (Å²) in [6, 6.07) is 1.69. The van der Waals surface area contributed by atoms with Crippen LogP contribution in [0.5, 0.6) is 5.75 Å². The van der Waals surface area contributed by atoms with Gasteiger partial charge in [-0.25, -0.2) is 0 Å². The molecule has 1 unspecified atom stereocenters. The monoisotopic (exact) mass is 304 g/mol. The van der Waals surface area contributed by atoms with E-state index in [0.29, 0.717) is 27.3 Å². The van der Waals surface area contributed by atoms with Gasteiger partial charge in [0.25, 0.3) is 0 Å². The molecule has 2 nitrogen and oxygen atoms in total. The zero-order valence-electron chi connectivity index (χ0n) is 10.4. The summed E-state index contributed by atoms with van der Waals surface area (Å²) >= 11 is 13.8. The molecule has 0 N–H and O–H groups in total. The first-order valence-electron chi connectivity index (χ1n) is 5.72. The molecule has 1 aromatic carbocycles. The van der Waals surface area contributed by atoms with Crippen LogP contribution in [0, 0.1) is 5.92 Å². The highest BCUT2D eigenvalue weighted by atomic mass is 35.5. The Labute approximate surface area is 121 Å². The van der Waals surface area contributed by atoms with Crippen molar-refractivity contribution in [3.05, 3.63) is 21.7 Å². The molecule has 1 atom stereocenters. The number of hydrogen-bond donors (Lipinski definition) is 0. The molecule has 5 heteroatoms. The Morgan fingerprint density at radius 2 is 2.06 bits per heavy atom. The van der Waals surface area contributed by atoms with E-state index >= 15 is 0 Å². The van der Waals surface area contributed by atoms with Crippen molar-refractivity contribution < 1.29 is 9.53 Å². The average molecular weight is 305 g/mol. The average Bonchev–Trinajstić information content (AvgIpc) is 2.61. The number of fused-ring (bicyclic) bond motifs is 1. The predicted octanol–water partition coefficient (Wildman–Crippen LogP) is 4.71. The summed E-state index contributed by atoms with van der Waals surface area (Å²) in [6.07, 6.45) is 0.842. The summed E-state index contributed by atoms with van der Waals surface area (Å²) in [4.78, 5) is 13.1. The van der Waals surface area contributed by atoms with Crippen LogP contribution >= 0.6 is 35.0 Å². The molecular weight excluding hydrogens is 291 g/mol. The maximum atomic E-state index is 12.3. The molecule has 1 heterocycles. The first kappa shape index (κ1) is 14.0. The molecular formula is C13H14Cl2O2S. The lowest BCUT2D eigenvalue weighted by molar-refractivity contribution is 0.0984. The molecule has 0 aliphatic carbocycles. The number of carbonyl (C=O) groups is 1. The second-order valence-electron chi connectivity index (χ2n) is 4.68. The Kier molecular flexibility index (Phi) is 4.15. The molecule has 0 radical (unpaired) electrons. The summed E-state index contributed by atoms with van der Waals surface area (Å²) in [7, 11) is 1.52. The molecule has 0 saturated heterocycles. The van der Waals surface area contributed by atoms with Crippen LogP contribution in [0.2, 0.25) is 10.0 Å². The van der Waals surface area contributed by atoms with E-state index in [4.69, 9.17) is 27.9 Å². The first-order chi connectivity index (χ1) is 8.45. The van der Waals surface area contributed by atoms with Gasteiger partial charge in [-0.2, -0.15) is 0 Å². The largest absolute Gasteiger partial charge is 0.495 e. The molecule has 1 aliphatic heterocycles. The minimum atomic E-state index is -0.0549. The van der Waals surface area contributed by atoms with Crippen LogP contribution in [0.4, 0.5) is 0 Å². The number of methoxy groups -OCH3 is 1. The third-order valence-corrected chi connectivity index (χ3v) is 5.16. The van der Waals surface area contributed by atoms with E-state index in [2.05, 4.69) is 13.8 Å². The smallest absolute Gasteiger partial charge is 0.177 e. The fourth-order valence-corrected chi connectivity index (χ4v) is 4.09. The van der Waals surface area contributed by atoms with E-state index in [9.17, 15) is 4.79 Å². The van der Waals surface area contributed by atoms with Gasteiger partial charge in [-0.1, -0.05) is 37.0 Å². The van der Waals surface area contributed by atoms with Crippen molar-refractivity contribution in [2.75, 3.05) is 7.11 Å². The molecule has 98 valence electrons. The Balaban J connectivity index is 2.43. The Bertz CT molecular complexity index is 500. The molecule has 0 bridgehead atoms. The number of ketones is 1. The fraction of sp³-hybridized carbons (Fsp3) is 0.462. The summed E-state index contributed by atoms with van der Waals surface area (Å²) in [5.41, 5.74) is 0.636. The topological polar surface area (TPSA) is 26.3 Å². The Morgan fingerprint density at radius 3 is 2.61 bits per heavy atom. The minimum absolute atomic E-state index is 0.0549. The van der Waals surface area contributed by atoms with Crippen molar-refractivity contribution >= 4 is 40.7 Å². The minimum Gasteiger partial charge on any atom is -0.495 e.